The zero-order chi connectivity index (χ0) is 19.1. The molecular weight excluding hydrogens is 334 g/mol. The van der Waals surface area contributed by atoms with Gasteiger partial charge < -0.3 is 24.4 Å². The van der Waals surface area contributed by atoms with E-state index in [0.717, 1.165) is 18.8 Å². The highest BCUT2D eigenvalue weighted by Crippen LogP contribution is 2.40. The second-order valence-corrected chi connectivity index (χ2v) is 5.44. The van der Waals surface area contributed by atoms with Gasteiger partial charge in [-0.15, -0.1) is 0 Å². The summed E-state index contributed by atoms with van der Waals surface area (Å²) < 4.78 is 15.9. The Morgan fingerprint density at radius 2 is 1.65 bits per heavy atom. The second kappa shape index (κ2) is 8.94. The molecule has 0 radical (unpaired) electrons. The highest BCUT2D eigenvalue weighted by atomic mass is 16.5. The summed E-state index contributed by atoms with van der Waals surface area (Å²) in [6, 6.07) is 7.02. The van der Waals surface area contributed by atoms with Crippen molar-refractivity contribution in [1.29, 1.82) is 0 Å². The van der Waals surface area contributed by atoms with E-state index in [1.165, 1.54) is 21.3 Å². The Morgan fingerprint density at radius 1 is 1.04 bits per heavy atom. The summed E-state index contributed by atoms with van der Waals surface area (Å²) in [7, 11) is 4.58. The zero-order valence-corrected chi connectivity index (χ0v) is 15.8. The standard InChI is InChI=1S/C19H25N3O4/c1-6-22(7-2)14-8-9-20-15(12-14)19(23)21-13-10-16(24-3)18(26-5)17(11-13)25-4/h8-12H,6-7H2,1-5H3,(H,21,23). The van der Waals surface area contributed by atoms with E-state index < -0.39 is 0 Å². The van der Waals surface area contributed by atoms with Crippen molar-refractivity contribution >= 4 is 17.3 Å². The molecule has 1 aromatic carbocycles. The number of pyridine rings is 1. The Labute approximate surface area is 153 Å². The summed E-state index contributed by atoms with van der Waals surface area (Å²) in [5, 5.41) is 2.83. The average molecular weight is 359 g/mol. The lowest BCUT2D eigenvalue weighted by molar-refractivity contribution is 0.102. The maximum absolute atomic E-state index is 12.6. The van der Waals surface area contributed by atoms with Crippen LogP contribution in [0.15, 0.2) is 30.5 Å². The molecule has 1 amide bonds. The minimum atomic E-state index is -0.312. The fourth-order valence-electron chi connectivity index (χ4n) is 2.68. The fraction of sp³-hybridized carbons (Fsp3) is 0.368. The third-order valence-corrected chi connectivity index (χ3v) is 4.03. The Morgan fingerprint density at radius 3 is 2.15 bits per heavy atom. The average Bonchev–Trinajstić information content (AvgIpc) is 2.68. The summed E-state index contributed by atoms with van der Waals surface area (Å²) in [6.45, 7) is 5.85. The highest BCUT2D eigenvalue weighted by molar-refractivity contribution is 6.03. The summed E-state index contributed by atoms with van der Waals surface area (Å²) in [5.41, 5.74) is 1.82. The predicted molar refractivity (Wildman–Crippen MR) is 102 cm³/mol. The first-order valence-electron chi connectivity index (χ1n) is 8.40. The number of amides is 1. The number of nitrogens with one attached hydrogen (secondary N) is 1. The number of carbonyl (C=O) groups excluding carboxylic acids is 1. The number of anilines is 2. The van der Waals surface area contributed by atoms with E-state index in [0.29, 0.717) is 28.6 Å². The van der Waals surface area contributed by atoms with Crippen molar-refractivity contribution in [2.24, 2.45) is 0 Å². The lowest BCUT2D eigenvalue weighted by Crippen LogP contribution is -2.23. The number of ether oxygens (including phenoxy) is 3. The minimum Gasteiger partial charge on any atom is -0.493 e. The molecule has 26 heavy (non-hydrogen) atoms. The number of benzene rings is 1. The maximum Gasteiger partial charge on any atom is 0.274 e. The van der Waals surface area contributed by atoms with Gasteiger partial charge in [0.15, 0.2) is 11.5 Å². The normalized spacial score (nSPS) is 10.2. The van der Waals surface area contributed by atoms with Crippen LogP contribution in [0.25, 0.3) is 0 Å². The summed E-state index contributed by atoms with van der Waals surface area (Å²) >= 11 is 0. The first-order valence-corrected chi connectivity index (χ1v) is 8.40. The van der Waals surface area contributed by atoms with Gasteiger partial charge in [0.05, 0.1) is 21.3 Å². The molecule has 0 aliphatic heterocycles. The van der Waals surface area contributed by atoms with Crippen LogP contribution in [0.5, 0.6) is 17.2 Å². The third-order valence-electron chi connectivity index (χ3n) is 4.03. The molecule has 1 N–H and O–H groups in total. The lowest BCUT2D eigenvalue weighted by Gasteiger charge is -2.21. The summed E-state index contributed by atoms with van der Waals surface area (Å²) in [5.74, 6) is 1.09. The van der Waals surface area contributed by atoms with Crippen LogP contribution in [0.2, 0.25) is 0 Å². The molecule has 1 heterocycles. The van der Waals surface area contributed by atoms with Gasteiger partial charge >= 0.3 is 0 Å². The molecule has 0 spiro atoms. The van der Waals surface area contributed by atoms with Crippen molar-refractivity contribution in [1.82, 2.24) is 4.98 Å². The Bertz CT molecular complexity index is 735. The Hall–Kier alpha value is -2.96. The SMILES string of the molecule is CCN(CC)c1ccnc(C(=O)Nc2cc(OC)c(OC)c(OC)c2)c1. The smallest absolute Gasteiger partial charge is 0.274 e. The molecule has 0 fully saturated rings. The topological polar surface area (TPSA) is 72.9 Å². The van der Waals surface area contributed by atoms with E-state index in [2.05, 4.69) is 29.0 Å². The summed E-state index contributed by atoms with van der Waals surface area (Å²) in [4.78, 5) is 18.9. The van der Waals surface area contributed by atoms with Crippen molar-refractivity contribution in [3.63, 3.8) is 0 Å². The van der Waals surface area contributed by atoms with E-state index in [9.17, 15) is 4.79 Å². The highest BCUT2D eigenvalue weighted by Gasteiger charge is 2.16. The van der Waals surface area contributed by atoms with Gasteiger partial charge in [-0.2, -0.15) is 0 Å². The Balaban J connectivity index is 2.29. The number of rotatable bonds is 8. The van der Waals surface area contributed by atoms with Gasteiger partial charge in [0.25, 0.3) is 5.91 Å². The second-order valence-electron chi connectivity index (χ2n) is 5.44. The first kappa shape index (κ1) is 19.4. The molecule has 0 saturated heterocycles. The maximum atomic E-state index is 12.6. The van der Waals surface area contributed by atoms with Crippen LogP contribution >= 0.6 is 0 Å². The van der Waals surface area contributed by atoms with Crippen LogP contribution in [0, 0.1) is 0 Å². The van der Waals surface area contributed by atoms with Crippen LogP contribution in [0.1, 0.15) is 24.3 Å². The van der Waals surface area contributed by atoms with Crippen LogP contribution in [-0.4, -0.2) is 45.3 Å². The molecular formula is C19H25N3O4. The van der Waals surface area contributed by atoms with Crippen molar-refractivity contribution in [2.75, 3.05) is 44.6 Å². The monoisotopic (exact) mass is 359 g/mol. The van der Waals surface area contributed by atoms with Crippen LogP contribution in [0.3, 0.4) is 0 Å². The molecule has 2 aromatic rings. The number of nitrogens with zero attached hydrogens (tertiary/aromatic N) is 2. The number of hydrogen-bond acceptors (Lipinski definition) is 6. The first-order chi connectivity index (χ1) is 12.6. The van der Waals surface area contributed by atoms with E-state index in [4.69, 9.17) is 14.2 Å². The number of hydrogen-bond donors (Lipinski definition) is 1. The van der Waals surface area contributed by atoms with Gasteiger partial charge in [0.1, 0.15) is 5.69 Å². The Kier molecular flexibility index (Phi) is 6.66. The molecule has 0 bridgehead atoms. The van der Waals surface area contributed by atoms with E-state index >= 15 is 0 Å². The predicted octanol–water partition coefficient (Wildman–Crippen LogP) is 3.21. The molecule has 0 aliphatic rings. The molecule has 140 valence electrons. The lowest BCUT2D eigenvalue weighted by atomic mass is 10.2. The van der Waals surface area contributed by atoms with E-state index in [1.54, 1.807) is 24.4 Å². The number of aromatic nitrogens is 1. The number of carbonyl (C=O) groups is 1. The molecule has 2 rings (SSSR count). The van der Waals surface area contributed by atoms with E-state index in [1.807, 2.05) is 6.07 Å². The molecule has 7 heteroatoms. The molecule has 0 aliphatic carbocycles. The van der Waals surface area contributed by atoms with Crippen LogP contribution < -0.4 is 24.4 Å². The molecule has 0 unspecified atom stereocenters. The summed E-state index contributed by atoms with van der Waals surface area (Å²) in [6.07, 6.45) is 1.64. The van der Waals surface area contributed by atoms with Crippen molar-refractivity contribution < 1.29 is 19.0 Å². The van der Waals surface area contributed by atoms with Gasteiger partial charge in [-0.3, -0.25) is 9.78 Å². The van der Waals surface area contributed by atoms with Crippen LogP contribution in [-0.2, 0) is 0 Å². The van der Waals surface area contributed by atoms with Crippen molar-refractivity contribution in [3.05, 3.63) is 36.2 Å². The van der Waals surface area contributed by atoms with Gasteiger partial charge in [-0.05, 0) is 26.0 Å². The molecule has 1 aromatic heterocycles. The van der Waals surface area contributed by atoms with Crippen LogP contribution in [0.4, 0.5) is 11.4 Å². The van der Waals surface area contributed by atoms with Gasteiger partial charge in [0, 0.05) is 42.8 Å². The quantitative estimate of drug-likeness (QED) is 0.780. The van der Waals surface area contributed by atoms with E-state index in [-0.39, 0.29) is 5.91 Å². The largest absolute Gasteiger partial charge is 0.493 e. The molecule has 7 nitrogen and oxygen atoms in total. The molecule has 0 saturated carbocycles. The number of methoxy groups -OCH3 is 3. The minimum absolute atomic E-state index is 0.312. The third kappa shape index (κ3) is 4.17. The van der Waals surface area contributed by atoms with Crippen molar-refractivity contribution in [3.8, 4) is 17.2 Å². The van der Waals surface area contributed by atoms with Gasteiger partial charge in [0.2, 0.25) is 5.75 Å². The molecule has 0 atom stereocenters. The fourth-order valence-corrected chi connectivity index (χ4v) is 2.68. The van der Waals surface area contributed by atoms with Gasteiger partial charge in [-0.1, -0.05) is 0 Å². The van der Waals surface area contributed by atoms with Gasteiger partial charge in [-0.25, -0.2) is 0 Å². The van der Waals surface area contributed by atoms with Crippen molar-refractivity contribution in [2.45, 2.75) is 13.8 Å². The zero-order valence-electron chi connectivity index (χ0n) is 15.8.